The molecule has 3 aromatic rings. The number of rotatable bonds is 6. The third-order valence-corrected chi connectivity index (χ3v) is 4.93. The van der Waals surface area contributed by atoms with E-state index in [2.05, 4.69) is 0 Å². The highest BCUT2D eigenvalue weighted by molar-refractivity contribution is 5.97. The van der Waals surface area contributed by atoms with E-state index in [4.69, 9.17) is 0 Å². The SMILES string of the molecule is Cc1ccccc1C(CC(=O)c1ccc(=O)n(C)c1)c1ccccc1C(=O)O. The zero-order valence-electron chi connectivity index (χ0n) is 15.8. The van der Waals surface area contributed by atoms with E-state index in [1.54, 1.807) is 31.3 Å². The molecule has 1 heterocycles. The van der Waals surface area contributed by atoms with E-state index in [1.807, 2.05) is 31.2 Å². The molecule has 0 bridgehead atoms. The van der Waals surface area contributed by atoms with Crippen molar-refractivity contribution in [3.05, 3.63) is 105 Å². The second-order valence-electron chi connectivity index (χ2n) is 6.80. The molecule has 0 aliphatic heterocycles. The Labute approximate surface area is 162 Å². The molecule has 0 amide bonds. The van der Waals surface area contributed by atoms with E-state index >= 15 is 0 Å². The fourth-order valence-corrected chi connectivity index (χ4v) is 3.42. The van der Waals surface area contributed by atoms with E-state index in [9.17, 15) is 19.5 Å². The first-order valence-electron chi connectivity index (χ1n) is 8.96. The maximum atomic E-state index is 13.0. The molecule has 0 saturated heterocycles. The van der Waals surface area contributed by atoms with Crippen LogP contribution in [-0.4, -0.2) is 21.4 Å². The molecule has 142 valence electrons. The monoisotopic (exact) mass is 375 g/mol. The van der Waals surface area contributed by atoms with E-state index in [-0.39, 0.29) is 23.3 Å². The van der Waals surface area contributed by atoms with Crippen LogP contribution in [0.2, 0.25) is 0 Å². The van der Waals surface area contributed by atoms with Crippen LogP contribution in [0.5, 0.6) is 0 Å². The highest BCUT2D eigenvalue weighted by Gasteiger charge is 2.25. The minimum Gasteiger partial charge on any atom is -0.478 e. The van der Waals surface area contributed by atoms with E-state index in [0.717, 1.165) is 11.1 Å². The number of carbonyl (C=O) groups excluding carboxylic acids is 1. The number of aryl methyl sites for hydroxylation is 2. The van der Waals surface area contributed by atoms with Crippen molar-refractivity contribution in [2.45, 2.75) is 19.3 Å². The summed E-state index contributed by atoms with van der Waals surface area (Å²) >= 11 is 0. The van der Waals surface area contributed by atoms with Gasteiger partial charge < -0.3 is 9.67 Å². The number of aromatic nitrogens is 1. The van der Waals surface area contributed by atoms with Crippen molar-refractivity contribution < 1.29 is 14.7 Å². The quantitative estimate of drug-likeness (QED) is 0.665. The van der Waals surface area contributed by atoms with E-state index in [1.165, 1.54) is 22.9 Å². The number of hydrogen-bond acceptors (Lipinski definition) is 3. The molecule has 0 saturated carbocycles. The Morgan fingerprint density at radius 1 is 0.964 bits per heavy atom. The first-order chi connectivity index (χ1) is 13.4. The molecule has 0 aliphatic rings. The standard InChI is InChI=1S/C23H21NO4/c1-15-7-3-4-8-17(15)20(18-9-5-6-10-19(18)23(27)28)13-21(25)16-11-12-22(26)24(2)14-16/h3-12,14,20H,13H2,1-2H3,(H,27,28). The van der Waals surface area contributed by atoms with Gasteiger partial charge in [0, 0.05) is 37.2 Å². The number of ketones is 1. The van der Waals surface area contributed by atoms with Gasteiger partial charge in [-0.05, 0) is 35.7 Å². The minimum atomic E-state index is -1.02. The summed E-state index contributed by atoms with van der Waals surface area (Å²) < 4.78 is 1.36. The van der Waals surface area contributed by atoms with Crippen LogP contribution in [-0.2, 0) is 7.05 Å². The van der Waals surface area contributed by atoms with Gasteiger partial charge in [0.05, 0.1) is 5.56 Å². The lowest BCUT2D eigenvalue weighted by atomic mass is 9.82. The van der Waals surface area contributed by atoms with Crippen LogP contribution in [0.25, 0.3) is 0 Å². The van der Waals surface area contributed by atoms with Crippen molar-refractivity contribution in [2.24, 2.45) is 7.05 Å². The number of pyridine rings is 1. The molecule has 2 aromatic carbocycles. The Kier molecular flexibility index (Phi) is 5.54. The normalized spacial score (nSPS) is 11.8. The number of carboxylic acid groups (broad SMARTS) is 1. The Morgan fingerprint density at radius 3 is 2.25 bits per heavy atom. The van der Waals surface area contributed by atoms with E-state index < -0.39 is 11.9 Å². The second-order valence-corrected chi connectivity index (χ2v) is 6.80. The molecule has 3 rings (SSSR count). The second kappa shape index (κ2) is 8.05. The number of Topliss-reactive ketones (excluding diaryl/α,β-unsaturated/α-hetero) is 1. The number of hydrogen-bond donors (Lipinski definition) is 1. The van der Waals surface area contributed by atoms with Crippen molar-refractivity contribution in [3.63, 3.8) is 0 Å². The largest absolute Gasteiger partial charge is 0.478 e. The molecular weight excluding hydrogens is 354 g/mol. The lowest BCUT2D eigenvalue weighted by Gasteiger charge is -2.21. The zero-order valence-corrected chi connectivity index (χ0v) is 15.8. The highest BCUT2D eigenvalue weighted by Crippen LogP contribution is 2.33. The van der Waals surface area contributed by atoms with Crippen LogP contribution in [0.15, 0.2) is 71.7 Å². The van der Waals surface area contributed by atoms with Crippen molar-refractivity contribution in [2.75, 3.05) is 0 Å². The molecule has 28 heavy (non-hydrogen) atoms. The molecular formula is C23H21NO4. The zero-order chi connectivity index (χ0) is 20.3. The number of benzene rings is 2. The Balaban J connectivity index is 2.09. The predicted molar refractivity (Wildman–Crippen MR) is 107 cm³/mol. The number of carbonyl (C=O) groups is 2. The van der Waals surface area contributed by atoms with Gasteiger partial charge in [0.25, 0.3) is 0 Å². The molecule has 1 atom stereocenters. The molecule has 0 aliphatic carbocycles. The number of nitrogens with zero attached hydrogens (tertiary/aromatic N) is 1. The van der Waals surface area contributed by atoms with Crippen molar-refractivity contribution in [1.29, 1.82) is 0 Å². The van der Waals surface area contributed by atoms with Gasteiger partial charge in [-0.15, -0.1) is 0 Å². The van der Waals surface area contributed by atoms with Crippen LogP contribution in [0.4, 0.5) is 0 Å². The molecule has 0 spiro atoms. The predicted octanol–water partition coefficient (Wildman–Crippen LogP) is 3.80. The average molecular weight is 375 g/mol. The topological polar surface area (TPSA) is 76.4 Å². The lowest BCUT2D eigenvalue weighted by molar-refractivity contribution is 0.0694. The molecule has 1 N–H and O–H groups in total. The van der Waals surface area contributed by atoms with Gasteiger partial charge in [-0.2, -0.15) is 0 Å². The Hall–Kier alpha value is -3.47. The van der Waals surface area contributed by atoms with Gasteiger partial charge in [-0.1, -0.05) is 42.5 Å². The molecule has 5 nitrogen and oxygen atoms in total. The van der Waals surface area contributed by atoms with Gasteiger partial charge in [-0.3, -0.25) is 9.59 Å². The highest BCUT2D eigenvalue weighted by atomic mass is 16.4. The molecule has 1 unspecified atom stereocenters. The summed E-state index contributed by atoms with van der Waals surface area (Å²) in [5.74, 6) is -1.58. The van der Waals surface area contributed by atoms with Crippen LogP contribution in [0.1, 0.15) is 49.7 Å². The molecule has 0 fully saturated rings. The van der Waals surface area contributed by atoms with Gasteiger partial charge in [0.1, 0.15) is 0 Å². The van der Waals surface area contributed by atoms with Gasteiger partial charge in [0.15, 0.2) is 5.78 Å². The molecule has 1 aromatic heterocycles. The summed E-state index contributed by atoms with van der Waals surface area (Å²) in [7, 11) is 1.59. The Morgan fingerprint density at radius 2 is 1.61 bits per heavy atom. The van der Waals surface area contributed by atoms with Gasteiger partial charge >= 0.3 is 5.97 Å². The Bertz CT molecular complexity index is 1100. The maximum Gasteiger partial charge on any atom is 0.335 e. The summed E-state index contributed by atoms with van der Waals surface area (Å²) in [6, 6.07) is 17.3. The van der Waals surface area contributed by atoms with Gasteiger partial charge in [-0.25, -0.2) is 4.79 Å². The smallest absolute Gasteiger partial charge is 0.335 e. The van der Waals surface area contributed by atoms with Gasteiger partial charge in [0.2, 0.25) is 5.56 Å². The first-order valence-corrected chi connectivity index (χ1v) is 8.96. The third-order valence-electron chi connectivity index (χ3n) is 4.93. The van der Waals surface area contributed by atoms with Crippen molar-refractivity contribution in [3.8, 4) is 0 Å². The maximum absolute atomic E-state index is 13.0. The lowest BCUT2D eigenvalue weighted by Crippen LogP contribution is -2.18. The van der Waals surface area contributed by atoms with E-state index in [0.29, 0.717) is 11.1 Å². The summed E-state index contributed by atoms with van der Waals surface area (Å²) in [4.78, 5) is 36.4. The summed E-state index contributed by atoms with van der Waals surface area (Å²) in [5, 5.41) is 9.63. The molecule has 5 heteroatoms. The fourth-order valence-electron chi connectivity index (χ4n) is 3.42. The molecule has 0 radical (unpaired) electrons. The average Bonchev–Trinajstić information content (AvgIpc) is 2.68. The van der Waals surface area contributed by atoms with Crippen molar-refractivity contribution >= 4 is 11.8 Å². The number of carboxylic acids is 1. The summed E-state index contributed by atoms with van der Waals surface area (Å²) in [6.45, 7) is 1.95. The summed E-state index contributed by atoms with van der Waals surface area (Å²) in [6.07, 6.45) is 1.62. The van der Waals surface area contributed by atoms with Crippen LogP contribution < -0.4 is 5.56 Å². The first kappa shape index (κ1) is 19.3. The fraction of sp³-hybridized carbons (Fsp3) is 0.174. The number of aromatic carboxylic acids is 1. The summed E-state index contributed by atoms with van der Waals surface area (Å²) in [5.41, 5.74) is 2.92. The van der Waals surface area contributed by atoms with Crippen LogP contribution >= 0.6 is 0 Å². The third kappa shape index (κ3) is 3.93. The van der Waals surface area contributed by atoms with Crippen molar-refractivity contribution in [1.82, 2.24) is 4.57 Å². The van der Waals surface area contributed by atoms with Crippen LogP contribution in [0, 0.1) is 6.92 Å². The minimum absolute atomic E-state index is 0.105. The van der Waals surface area contributed by atoms with Crippen LogP contribution in [0.3, 0.4) is 0 Å².